The lowest BCUT2D eigenvalue weighted by atomic mass is 10.0. The van der Waals surface area contributed by atoms with Gasteiger partial charge in [0.25, 0.3) is 5.91 Å². The first-order valence-electron chi connectivity index (χ1n) is 5.58. The number of carbonyl (C=O) groups excluding carboxylic acids is 1. The lowest BCUT2D eigenvalue weighted by Crippen LogP contribution is -2.48. The second-order valence-electron chi connectivity index (χ2n) is 4.79. The molecular formula is C12H17Cl2FN4O. The maximum atomic E-state index is 13.4. The number of carbonyl (C=O) groups is 1. The number of hydrogen-bond acceptors (Lipinski definition) is 3. The Bertz CT molecular complexity index is 600. The lowest BCUT2D eigenvalue weighted by Gasteiger charge is -2.24. The van der Waals surface area contributed by atoms with E-state index in [1.165, 1.54) is 18.5 Å². The summed E-state index contributed by atoms with van der Waals surface area (Å²) in [6.45, 7) is 3.88. The van der Waals surface area contributed by atoms with Crippen LogP contribution in [0.4, 0.5) is 4.39 Å². The van der Waals surface area contributed by atoms with Gasteiger partial charge >= 0.3 is 0 Å². The Morgan fingerprint density at radius 3 is 2.70 bits per heavy atom. The smallest absolute Gasteiger partial charge is 0.254 e. The molecule has 0 saturated heterocycles. The van der Waals surface area contributed by atoms with Crippen molar-refractivity contribution in [2.24, 2.45) is 5.73 Å². The summed E-state index contributed by atoms with van der Waals surface area (Å²) in [7, 11) is 0. The molecule has 0 spiro atoms. The minimum Gasteiger partial charge on any atom is -0.346 e. The standard InChI is InChI=1S/C12H15FN4O.2ClH/c1-12(2,5-14)17-11(18)8-3-7(13)4-9-10(8)16-6-15-9;;/h3-4,6H,5,14H2,1-2H3,(H,15,16)(H,17,18);2*1H. The molecule has 1 aromatic heterocycles. The zero-order chi connectivity index (χ0) is 13.3. The molecule has 20 heavy (non-hydrogen) atoms. The number of halogens is 3. The molecule has 2 rings (SSSR count). The van der Waals surface area contributed by atoms with Crippen molar-refractivity contribution in [1.29, 1.82) is 0 Å². The third kappa shape index (κ3) is 3.82. The quantitative estimate of drug-likeness (QED) is 0.808. The minimum atomic E-state index is -0.550. The molecule has 0 aliphatic carbocycles. The van der Waals surface area contributed by atoms with Crippen LogP contribution in [-0.4, -0.2) is 28.0 Å². The van der Waals surface area contributed by atoms with Gasteiger partial charge < -0.3 is 16.0 Å². The number of benzene rings is 1. The molecule has 1 amide bonds. The Morgan fingerprint density at radius 2 is 2.10 bits per heavy atom. The second-order valence-corrected chi connectivity index (χ2v) is 4.79. The van der Waals surface area contributed by atoms with Crippen LogP contribution in [0.2, 0.25) is 0 Å². The van der Waals surface area contributed by atoms with Gasteiger partial charge in [0.1, 0.15) is 11.3 Å². The number of hydrogen-bond donors (Lipinski definition) is 3. The van der Waals surface area contributed by atoms with Gasteiger partial charge in [-0.1, -0.05) is 0 Å². The average Bonchev–Trinajstić information content (AvgIpc) is 2.75. The lowest BCUT2D eigenvalue weighted by molar-refractivity contribution is 0.0917. The first-order chi connectivity index (χ1) is 8.43. The molecule has 0 radical (unpaired) electrons. The topological polar surface area (TPSA) is 83.8 Å². The summed E-state index contributed by atoms with van der Waals surface area (Å²) in [5, 5.41) is 2.75. The Balaban J connectivity index is 0.00000180. The number of fused-ring (bicyclic) bond motifs is 1. The first kappa shape index (κ1) is 18.6. The summed E-state index contributed by atoms with van der Waals surface area (Å²) in [5.74, 6) is -0.871. The number of amides is 1. The fourth-order valence-electron chi connectivity index (χ4n) is 1.61. The largest absolute Gasteiger partial charge is 0.346 e. The molecule has 0 bridgehead atoms. The molecule has 1 aromatic carbocycles. The van der Waals surface area contributed by atoms with E-state index < -0.39 is 11.4 Å². The Hall–Kier alpha value is -1.37. The molecule has 112 valence electrons. The van der Waals surface area contributed by atoms with Gasteiger partial charge in [0.15, 0.2) is 0 Å². The van der Waals surface area contributed by atoms with E-state index in [4.69, 9.17) is 5.73 Å². The van der Waals surface area contributed by atoms with E-state index in [1.54, 1.807) is 13.8 Å². The van der Waals surface area contributed by atoms with E-state index in [2.05, 4.69) is 15.3 Å². The monoisotopic (exact) mass is 322 g/mol. The van der Waals surface area contributed by atoms with Crippen LogP contribution in [0.25, 0.3) is 11.0 Å². The van der Waals surface area contributed by atoms with Crippen molar-refractivity contribution in [2.45, 2.75) is 19.4 Å². The zero-order valence-corrected chi connectivity index (χ0v) is 12.7. The van der Waals surface area contributed by atoms with E-state index in [1.807, 2.05) is 0 Å². The van der Waals surface area contributed by atoms with Gasteiger partial charge in [0.2, 0.25) is 0 Å². The van der Waals surface area contributed by atoms with Crippen LogP contribution >= 0.6 is 24.8 Å². The Morgan fingerprint density at radius 1 is 1.45 bits per heavy atom. The maximum Gasteiger partial charge on any atom is 0.254 e. The molecule has 0 fully saturated rings. The van der Waals surface area contributed by atoms with Crippen molar-refractivity contribution in [1.82, 2.24) is 15.3 Å². The number of rotatable bonds is 3. The molecule has 4 N–H and O–H groups in total. The average molecular weight is 323 g/mol. The fourth-order valence-corrected chi connectivity index (χ4v) is 1.61. The van der Waals surface area contributed by atoms with E-state index in [0.29, 0.717) is 11.0 Å². The predicted molar refractivity (Wildman–Crippen MR) is 81.1 cm³/mol. The summed E-state index contributed by atoms with van der Waals surface area (Å²) in [4.78, 5) is 18.9. The number of aromatic nitrogens is 2. The van der Waals surface area contributed by atoms with Crippen molar-refractivity contribution in [3.8, 4) is 0 Å². The highest BCUT2D eigenvalue weighted by atomic mass is 35.5. The summed E-state index contributed by atoms with van der Waals surface area (Å²) in [5.41, 5.74) is 6.13. The van der Waals surface area contributed by atoms with Crippen LogP contribution in [0.5, 0.6) is 0 Å². The first-order valence-corrected chi connectivity index (χ1v) is 5.58. The molecule has 0 unspecified atom stereocenters. The fraction of sp³-hybridized carbons (Fsp3) is 0.333. The number of aromatic amines is 1. The number of nitrogens with zero attached hydrogens (tertiary/aromatic N) is 1. The molecule has 5 nitrogen and oxygen atoms in total. The van der Waals surface area contributed by atoms with Crippen LogP contribution in [0.3, 0.4) is 0 Å². The van der Waals surface area contributed by atoms with Crippen molar-refractivity contribution in [2.75, 3.05) is 6.54 Å². The second kappa shape index (κ2) is 6.88. The molecule has 2 aromatic rings. The van der Waals surface area contributed by atoms with E-state index >= 15 is 0 Å². The number of imidazole rings is 1. The summed E-state index contributed by atoms with van der Waals surface area (Å²) in [6.07, 6.45) is 1.43. The highest BCUT2D eigenvalue weighted by Crippen LogP contribution is 2.17. The van der Waals surface area contributed by atoms with Gasteiger partial charge in [-0.3, -0.25) is 4.79 Å². The summed E-state index contributed by atoms with van der Waals surface area (Å²) < 4.78 is 13.4. The normalized spacial score (nSPS) is 10.6. The van der Waals surface area contributed by atoms with Crippen molar-refractivity contribution < 1.29 is 9.18 Å². The molecule has 0 atom stereocenters. The summed E-state index contributed by atoms with van der Waals surface area (Å²) >= 11 is 0. The van der Waals surface area contributed by atoms with E-state index in [9.17, 15) is 9.18 Å². The molecule has 0 aliphatic rings. The van der Waals surface area contributed by atoms with Gasteiger partial charge in [0.05, 0.1) is 17.4 Å². The van der Waals surface area contributed by atoms with E-state index in [0.717, 1.165) is 0 Å². The van der Waals surface area contributed by atoms with Gasteiger partial charge in [0, 0.05) is 12.1 Å². The van der Waals surface area contributed by atoms with Crippen LogP contribution in [0.15, 0.2) is 18.5 Å². The third-order valence-electron chi connectivity index (χ3n) is 2.70. The van der Waals surface area contributed by atoms with Gasteiger partial charge in [-0.15, -0.1) is 24.8 Å². The molecule has 0 aliphatic heterocycles. The van der Waals surface area contributed by atoms with Gasteiger partial charge in [-0.05, 0) is 26.0 Å². The van der Waals surface area contributed by atoms with Gasteiger partial charge in [-0.2, -0.15) is 0 Å². The Kier molecular flexibility index (Phi) is 6.40. The van der Waals surface area contributed by atoms with Crippen LogP contribution in [0, 0.1) is 5.82 Å². The van der Waals surface area contributed by atoms with Crippen molar-refractivity contribution >= 4 is 41.8 Å². The SMILES string of the molecule is CC(C)(CN)NC(=O)c1cc(F)cc2[nH]cnc12.Cl.Cl. The molecule has 8 heteroatoms. The van der Waals surface area contributed by atoms with Crippen LogP contribution in [-0.2, 0) is 0 Å². The Labute approximate surface area is 128 Å². The van der Waals surface area contributed by atoms with E-state index in [-0.39, 0.29) is 42.8 Å². The highest BCUT2D eigenvalue weighted by molar-refractivity contribution is 6.05. The number of nitrogens with two attached hydrogens (primary N) is 1. The van der Waals surface area contributed by atoms with Crippen LogP contribution < -0.4 is 11.1 Å². The van der Waals surface area contributed by atoms with Crippen LogP contribution in [0.1, 0.15) is 24.2 Å². The van der Waals surface area contributed by atoms with Crippen molar-refractivity contribution in [3.05, 3.63) is 29.8 Å². The minimum absolute atomic E-state index is 0. The highest BCUT2D eigenvalue weighted by Gasteiger charge is 2.21. The number of H-pyrrole nitrogens is 1. The molecular weight excluding hydrogens is 306 g/mol. The van der Waals surface area contributed by atoms with Crippen molar-refractivity contribution in [3.63, 3.8) is 0 Å². The predicted octanol–water partition coefficient (Wildman–Crippen LogP) is 2.01. The third-order valence-corrected chi connectivity index (χ3v) is 2.70. The number of nitrogens with one attached hydrogen (secondary N) is 2. The molecule has 0 saturated carbocycles. The maximum absolute atomic E-state index is 13.4. The van der Waals surface area contributed by atoms with Gasteiger partial charge in [-0.25, -0.2) is 9.37 Å². The summed E-state index contributed by atoms with van der Waals surface area (Å²) in [6, 6.07) is 2.47. The molecule has 1 heterocycles. The zero-order valence-electron chi connectivity index (χ0n) is 11.1.